The minimum absolute atomic E-state index is 0.433. The number of benzene rings is 1. The van der Waals surface area contributed by atoms with Crippen molar-refractivity contribution in [1.82, 2.24) is 25.8 Å². The van der Waals surface area contributed by atoms with Crippen LogP contribution in [0, 0.1) is 0 Å². The molecule has 0 aliphatic heterocycles. The molecule has 2 N–H and O–H groups in total. The predicted octanol–water partition coefficient (Wildman–Crippen LogP) is 3.02. The summed E-state index contributed by atoms with van der Waals surface area (Å²) in [4.78, 5) is 14.4. The molecule has 1 aromatic carbocycles. The van der Waals surface area contributed by atoms with E-state index in [1.165, 1.54) is 4.90 Å². The van der Waals surface area contributed by atoms with E-state index in [2.05, 4.69) is 55.0 Å². The third-order valence-electron chi connectivity index (χ3n) is 3.71. The van der Waals surface area contributed by atoms with Crippen molar-refractivity contribution in [2.75, 3.05) is 25.4 Å². The standard InChI is InChI=1S/C20H24N6OS/c1-2-21-20(24-14-15-28-16-8-4-3-5-9-16)23-13-11-18-25-19(27-26-18)17-10-6-7-12-22-17/h3-10,12H,2,11,13-15H2,1H3,(H2,21,23,24). The molecule has 28 heavy (non-hydrogen) atoms. The molecule has 146 valence electrons. The molecule has 0 spiro atoms. The number of thioether (sulfide) groups is 1. The normalized spacial score (nSPS) is 11.4. The van der Waals surface area contributed by atoms with Crippen molar-refractivity contribution in [1.29, 1.82) is 0 Å². The summed E-state index contributed by atoms with van der Waals surface area (Å²) in [5.41, 5.74) is 0.677. The van der Waals surface area contributed by atoms with Crippen LogP contribution in [0.5, 0.6) is 0 Å². The van der Waals surface area contributed by atoms with E-state index < -0.39 is 0 Å². The van der Waals surface area contributed by atoms with Gasteiger partial charge in [0.2, 0.25) is 0 Å². The van der Waals surface area contributed by atoms with Crippen LogP contribution < -0.4 is 10.6 Å². The Balaban J connectivity index is 1.44. The van der Waals surface area contributed by atoms with Gasteiger partial charge in [-0.2, -0.15) is 4.98 Å². The SMILES string of the molecule is CCNC(=NCCc1noc(-c2ccccn2)n1)NCCSc1ccccc1. The molecule has 0 fully saturated rings. The van der Waals surface area contributed by atoms with Crippen molar-refractivity contribution < 1.29 is 4.52 Å². The van der Waals surface area contributed by atoms with E-state index in [1.807, 2.05) is 43.0 Å². The van der Waals surface area contributed by atoms with Gasteiger partial charge in [0, 0.05) is 42.9 Å². The second-order valence-corrected chi connectivity index (χ2v) is 7.00. The summed E-state index contributed by atoms with van der Waals surface area (Å²) in [7, 11) is 0. The molecule has 8 heteroatoms. The van der Waals surface area contributed by atoms with Gasteiger partial charge in [0.1, 0.15) is 5.69 Å². The maximum atomic E-state index is 5.27. The van der Waals surface area contributed by atoms with E-state index in [0.717, 1.165) is 24.8 Å². The van der Waals surface area contributed by atoms with E-state index in [-0.39, 0.29) is 0 Å². The zero-order valence-corrected chi connectivity index (χ0v) is 16.7. The molecule has 2 heterocycles. The molecule has 3 rings (SSSR count). The molecule has 0 radical (unpaired) electrons. The first-order valence-corrected chi connectivity index (χ1v) is 10.3. The van der Waals surface area contributed by atoms with Crippen LogP contribution in [0.4, 0.5) is 0 Å². The number of nitrogens with one attached hydrogen (secondary N) is 2. The van der Waals surface area contributed by atoms with Crippen LogP contribution in [0.15, 0.2) is 69.1 Å². The Hall–Kier alpha value is -2.87. The lowest BCUT2D eigenvalue weighted by atomic mass is 10.3. The van der Waals surface area contributed by atoms with Gasteiger partial charge < -0.3 is 15.2 Å². The summed E-state index contributed by atoms with van der Waals surface area (Å²) in [6.07, 6.45) is 2.31. The fraction of sp³-hybridized carbons (Fsp3) is 0.300. The monoisotopic (exact) mass is 396 g/mol. The van der Waals surface area contributed by atoms with Gasteiger partial charge in [0.05, 0.1) is 0 Å². The van der Waals surface area contributed by atoms with Crippen LogP contribution in [-0.2, 0) is 6.42 Å². The smallest absolute Gasteiger partial charge is 0.276 e. The maximum Gasteiger partial charge on any atom is 0.276 e. The summed E-state index contributed by atoms with van der Waals surface area (Å²) >= 11 is 1.82. The Kier molecular flexibility index (Phi) is 7.87. The number of rotatable bonds is 9. The Morgan fingerprint density at radius 3 is 2.75 bits per heavy atom. The highest BCUT2D eigenvalue weighted by atomic mass is 32.2. The molecule has 2 aromatic heterocycles. The number of pyridine rings is 1. The quantitative estimate of drug-likeness (QED) is 0.249. The Morgan fingerprint density at radius 1 is 1.11 bits per heavy atom. The summed E-state index contributed by atoms with van der Waals surface area (Å²) in [5, 5.41) is 10.6. The van der Waals surface area contributed by atoms with Crippen molar-refractivity contribution in [2.24, 2.45) is 4.99 Å². The lowest BCUT2D eigenvalue weighted by Gasteiger charge is -2.10. The van der Waals surface area contributed by atoms with Crippen LogP contribution in [0.25, 0.3) is 11.6 Å². The summed E-state index contributed by atoms with van der Waals surface area (Å²) in [6.45, 7) is 4.26. The largest absolute Gasteiger partial charge is 0.357 e. The van der Waals surface area contributed by atoms with Crippen LogP contribution in [0.1, 0.15) is 12.7 Å². The van der Waals surface area contributed by atoms with E-state index in [9.17, 15) is 0 Å². The molecular weight excluding hydrogens is 372 g/mol. The Bertz CT molecular complexity index is 853. The second kappa shape index (κ2) is 11.1. The number of hydrogen-bond acceptors (Lipinski definition) is 6. The molecule has 0 saturated heterocycles. The molecule has 0 amide bonds. The van der Waals surface area contributed by atoms with E-state index in [4.69, 9.17) is 4.52 Å². The van der Waals surface area contributed by atoms with E-state index in [0.29, 0.717) is 30.4 Å². The predicted molar refractivity (Wildman–Crippen MR) is 112 cm³/mol. The first-order chi connectivity index (χ1) is 13.8. The first-order valence-electron chi connectivity index (χ1n) is 9.29. The molecule has 0 aliphatic carbocycles. The highest BCUT2D eigenvalue weighted by Gasteiger charge is 2.09. The molecule has 0 bridgehead atoms. The third-order valence-corrected chi connectivity index (χ3v) is 4.72. The average molecular weight is 397 g/mol. The van der Waals surface area contributed by atoms with Crippen LogP contribution >= 0.6 is 11.8 Å². The second-order valence-electron chi connectivity index (χ2n) is 5.83. The summed E-state index contributed by atoms with van der Waals surface area (Å²) in [5.74, 6) is 2.82. The average Bonchev–Trinajstić information content (AvgIpc) is 3.21. The Labute approximate surface area is 169 Å². The number of aliphatic imine (C=N–C) groups is 1. The highest BCUT2D eigenvalue weighted by molar-refractivity contribution is 7.99. The lowest BCUT2D eigenvalue weighted by molar-refractivity contribution is 0.421. The highest BCUT2D eigenvalue weighted by Crippen LogP contribution is 2.15. The van der Waals surface area contributed by atoms with Crippen molar-refractivity contribution in [3.63, 3.8) is 0 Å². The zero-order chi connectivity index (χ0) is 19.4. The molecule has 7 nitrogen and oxygen atoms in total. The molecule has 0 atom stereocenters. The van der Waals surface area contributed by atoms with E-state index in [1.54, 1.807) is 6.20 Å². The number of hydrogen-bond donors (Lipinski definition) is 2. The van der Waals surface area contributed by atoms with Gasteiger partial charge in [0.15, 0.2) is 11.8 Å². The van der Waals surface area contributed by atoms with Crippen molar-refractivity contribution in [2.45, 2.75) is 18.2 Å². The van der Waals surface area contributed by atoms with Crippen molar-refractivity contribution in [3.05, 3.63) is 60.6 Å². The minimum Gasteiger partial charge on any atom is -0.357 e. The number of nitrogens with zero attached hydrogens (tertiary/aromatic N) is 4. The molecule has 0 aliphatic rings. The fourth-order valence-corrected chi connectivity index (χ4v) is 3.20. The van der Waals surface area contributed by atoms with Gasteiger partial charge in [-0.1, -0.05) is 29.4 Å². The van der Waals surface area contributed by atoms with Crippen LogP contribution in [0.2, 0.25) is 0 Å². The van der Waals surface area contributed by atoms with Gasteiger partial charge >= 0.3 is 0 Å². The fourth-order valence-electron chi connectivity index (χ4n) is 2.41. The topological polar surface area (TPSA) is 88.2 Å². The minimum atomic E-state index is 0.433. The lowest BCUT2D eigenvalue weighted by Crippen LogP contribution is -2.38. The molecular formula is C20H24N6OS. The van der Waals surface area contributed by atoms with Crippen LogP contribution in [-0.4, -0.2) is 46.5 Å². The number of guanidine groups is 1. The number of aromatic nitrogens is 3. The Morgan fingerprint density at radius 2 is 1.96 bits per heavy atom. The van der Waals surface area contributed by atoms with Gasteiger partial charge in [0.25, 0.3) is 5.89 Å². The summed E-state index contributed by atoms with van der Waals surface area (Å²) < 4.78 is 5.27. The third kappa shape index (κ3) is 6.38. The zero-order valence-electron chi connectivity index (χ0n) is 15.8. The van der Waals surface area contributed by atoms with Gasteiger partial charge in [-0.25, -0.2) is 0 Å². The van der Waals surface area contributed by atoms with Crippen molar-refractivity contribution in [3.8, 4) is 11.6 Å². The first kappa shape index (κ1) is 19.9. The van der Waals surface area contributed by atoms with Gasteiger partial charge in [-0.15, -0.1) is 11.8 Å². The van der Waals surface area contributed by atoms with Crippen molar-refractivity contribution >= 4 is 17.7 Å². The van der Waals surface area contributed by atoms with Gasteiger partial charge in [-0.3, -0.25) is 9.98 Å². The van der Waals surface area contributed by atoms with Crippen LogP contribution in [0.3, 0.4) is 0 Å². The maximum absolute atomic E-state index is 5.27. The molecule has 0 saturated carbocycles. The molecule has 3 aromatic rings. The molecule has 0 unspecified atom stereocenters. The van der Waals surface area contributed by atoms with Gasteiger partial charge in [-0.05, 0) is 31.2 Å². The summed E-state index contributed by atoms with van der Waals surface area (Å²) in [6, 6.07) is 16.0. The van der Waals surface area contributed by atoms with E-state index >= 15 is 0 Å².